The van der Waals surface area contributed by atoms with Crippen LogP contribution in [0.15, 0.2) is 36.4 Å². The topological polar surface area (TPSA) is 12.0 Å². The molecule has 0 aliphatic carbocycles. The summed E-state index contributed by atoms with van der Waals surface area (Å²) in [6, 6.07) is 10.5. The van der Waals surface area contributed by atoms with Crippen LogP contribution in [0.5, 0.6) is 0 Å². The number of rotatable bonds is 5. The Kier molecular flexibility index (Phi) is 4.30. The van der Waals surface area contributed by atoms with Crippen LogP contribution in [0, 0.1) is 5.92 Å². The highest BCUT2D eigenvalue weighted by molar-refractivity contribution is 7.99. The standard InChI is InChI=1S/C13H17NS/c1-2-5-12(6-3-1)7-4-8-15-11-13-9-14-10-13/h1-7,13-14H,8-11H2. The molecule has 0 aromatic heterocycles. The van der Waals surface area contributed by atoms with E-state index in [0.29, 0.717) is 0 Å². The van der Waals surface area contributed by atoms with E-state index >= 15 is 0 Å². The molecule has 1 saturated heterocycles. The smallest absolute Gasteiger partial charge is 0.0116 e. The number of hydrogen-bond acceptors (Lipinski definition) is 2. The van der Waals surface area contributed by atoms with Gasteiger partial charge in [0, 0.05) is 5.75 Å². The van der Waals surface area contributed by atoms with Gasteiger partial charge in [-0.25, -0.2) is 0 Å². The van der Waals surface area contributed by atoms with Crippen LogP contribution in [0.25, 0.3) is 6.08 Å². The van der Waals surface area contributed by atoms with Crippen molar-refractivity contribution in [2.75, 3.05) is 24.6 Å². The first-order chi connectivity index (χ1) is 7.45. The highest BCUT2D eigenvalue weighted by atomic mass is 32.2. The average molecular weight is 219 g/mol. The summed E-state index contributed by atoms with van der Waals surface area (Å²) >= 11 is 2.03. The van der Waals surface area contributed by atoms with Crippen LogP contribution < -0.4 is 5.32 Å². The molecule has 0 atom stereocenters. The van der Waals surface area contributed by atoms with E-state index in [9.17, 15) is 0 Å². The zero-order valence-electron chi connectivity index (χ0n) is 8.86. The lowest BCUT2D eigenvalue weighted by Crippen LogP contribution is -2.43. The van der Waals surface area contributed by atoms with E-state index in [0.717, 1.165) is 11.7 Å². The fraction of sp³-hybridized carbons (Fsp3) is 0.385. The van der Waals surface area contributed by atoms with E-state index in [4.69, 9.17) is 0 Å². The van der Waals surface area contributed by atoms with E-state index in [-0.39, 0.29) is 0 Å². The van der Waals surface area contributed by atoms with E-state index < -0.39 is 0 Å². The zero-order chi connectivity index (χ0) is 10.3. The first kappa shape index (κ1) is 10.8. The van der Waals surface area contributed by atoms with Crippen molar-refractivity contribution in [3.8, 4) is 0 Å². The minimum Gasteiger partial charge on any atom is -0.316 e. The molecule has 0 unspecified atom stereocenters. The largest absolute Gasteiger partial charge is 0.316 e. The SMILES string of the molecule is C(=Cc1ccccc1)CSCC1CNC1. The third-order valence-electron chi connectivity index (χ3n) is 2.54. The van der Waals surface area contributed by atoms with Gasteiger partial charge in [0.05, 0.1) is 0 Å². The second-order valence-electron chi connectivity index (χ2n) is 3.87. The number of thioether (sulfide) groups is 1. The third-order valence-corrected chi connectivity index (χ3v) is 3.68. The van der Waals surface area contributed by atoms with Crippen molar-refractivity contribution >= 4 is 17.8 Å². The second kappa shape index (κ2) is 5.99. The summed E-state index contributed by atoms with van der Waals surface area (Å²) in [4.78, 5) is 0. The molecule has 2 rings (SSSR count). The summed E-state index contributed by atoms with van der Waals surface area (Å²) in [6.07, 6.45) is 4.46. The summed E-state index contributed by atoms with van der Waals surface area (Å²) < 4.78 is 0. The van der Waals surface area contributed by atoms with Crippen LogP contribution in [0.4, 0.5) is 0 Å². The lowest BCUT2D eigenvalue weighted by Gasteiger charge is -2.26. The average Bonchev–Trinajstić information content (AvgIpc) is 2.22. The van der Waals surface area contributed by atoms with Crippen molar-refractivity contribution in [3.63, 3.8) is 0 Å². The van der Waals surface area contributed by atoms with Gasteiger partial charge in [0.2, 0.25) is 0 Å². The molecule has 2 heteroatoms. The molecule has 1 aromatic carbocycles. The minimum atomic E-state index is 0.917. The maximum absolute atomic E-state index is 3.30. The Morgan fingerprint density at radius 3 is 2.73 bits per heavy atom. The molecule has 0 spiro atoms. The molecular weight excluding hydrogens is 202 g/mol. The molecule has 0 radical (unpaired) electrons. The van der Waals surface area contributed by atoms with Crippen LogP contribution in [-0.4, -0.2) is 24.6 Å². The Labute approximate surface area is 96.0 Å². The first-order valence-corrected chi connectivity index (χ1v) is 6.60. The molecule has 0 bridgehead atoms. The van der Waals surface area contributed by atoms with Crippen LogP contribution in [0.2, 0.25) is 0 Å². The van der Waals surface area contributed by atoms with Gasteiger partial charge in [-0.15, -0.1) is 0 Å². The van der Waals surface area contributed by atoms with Crippen molar-refractivity contribution in [1.29, 1.82) is 0 Å². The van der Waals surface area contributed by atoms with E-state index in [1.165, 1.54) is 24.4 Å². The van der Waals surface area contributed by atoms with Crippen LogP contribution in [-0.2, 0) is 0 Å². The molecule has 1 N–H and O–H groups in total. The van der Waals surface area contributed by atoms with Gasteiger partial charge in [-0.05, 0) is 30.3 Å². The van der Waals surface area contributed by atoms with Crippen LogP contribution in [0.3, 0.4) is 0 Å². The molecule has 80 valence electrons. The van der Waals surface area contributed by atoms with Gasteiger partial charge in [-0.1, -0.05) is 42.5 Å². The highest BCUT2D eigenvalue weighted by Gasteiger charge is 2.15. The molecule has 15 heavy (non-hydrogen) atoms. The van der Waals surface area contributed by atoms with Gasteiger partial charge in [-0.2, -0.15) is 11.8 Å². The van der Waals surface area contributed by atoms with Gasteiger partial charge in [-0.3, -0.25) is 0 Å². The Bertz CT molecular complexity index is 304. The second-order valence-corrected chi connectivity index (χ2v) is 4.95. The van der Waals surface area contributed by atoms with Gasteiger partial charge < -0.3 is 5.32 Å². The van der Waals surface area contributed by atoms with E-state index in [1.807, 2.05) is 11.8 Å². The molecule has 1 heterocycles. The van der Waals surface area contributed by atoms with Gasteiger partial charge in [0.1, 0.15) is 0 Å². The van der Waals surface area contributed by atoms with Crippen molar-refractivity contribution < 1.29 is 0 Å². The maximum Gasteiger partial charge on any atom is 0.0116 e. The minimum absolute atomic E-state index is 0.917. The zero-order valence-corrected chi connectivity index (χ0v) is 9.67. The Balaban J connectivity index is 1.62. The molecule has 0 amide bonds. The molecule has 0 saturated carbocycles. The quantitative estimate of drug-likeness (QED) is 0.764. The van der Waals surface area contributed by atoms with Crippen molar-refractivity contribution in [2.45, 2.75) is 0 Å². The number of hydrogen-bond donors (Lipinski definition) is 1. The molecule has 1 nitrogen and oxygen atoms in total. The Morgan fingerprint density at radius 2 is 2.07 bits per heavy atom. The monoisotopic (exact) mass is 219 g/mol. The predicted molar refractivity (Wildman–Crippen MR) is 69.2 cm³/mol. The van der Waals surface area contributed by atoms with Crippen LogP contribution >= 0.6 is 11.8 Å². The molecule has 1 aliphatic heterocycles. The van der Waals surface area contributed by atoms with Gasteiger partial charge >= 0.3 is 0 Å². The van der Waals surface area contributed by atoms with E-state index in [2.05, 4.69) is 47.8 Å². The lowest BCUT2D eigenvalue weighted by molar-refractivity contribution is 0.385. The van der Waals surface area contributed by atoms with Crippen molar-refractivity contribution in [3.05, 3.63) is 42.0 Å². The normalized spacial score (nSPS) is 16.8. The van der Waals surface area contributed by atoms with Crippen LogP contribution in [0.1, 0.15) is 5.56 Å². The van der Waals surface area contributed by atoms with E-state index in [1.54, 1.807) is 0 Å². The summed E-state index contributed by atoms with van der Waals surface area (Å²) in [6.45, 7) is 2.44. The summed E-state index contributed by atoms with van der Waals surface area (Å²) in [5.41, 5.74) is 1.29. The fourth-order valence-electron chi connectivity index (χ4n) is 1.52. The highest BCUT2D eigenvalue weighted by Crippen LogP contribution is 2.12. The number of nitrogens with one attached hydrogen (secondary N) is 1. The number of benzene rings is 1. The molecule has 1 fully saturated rings. The summed E-state index contributed by atoms with van der Waals surface area (Å²) in [5, 5.41) is 3.30. The molecule has 1 aromatic rings. The van der Waals surface area contributed by atoms with Gasteiger partial charge in [0.25, 0.3) is 0 Å². The van der Waals surface area contributed by atoms with Crippen molar-refractivity contribution in [1.82, 2.24) is 5.32 Å². The molecule has 1 aliphatic rings. The summed E-state index contributed by atoms with van der Waals surface area (Å²) in [7, 11) is 0. The Morgan fingerprint density at radius 1 is 1.27 bits per heavy atom. The maximum atomic E-state index is 3.30. The lowest BCUT2D eigenvalue weighted by atomic mass is 10.1. The van der Waals surface area contributed by atoms with Gasteiger partial charge in [0.15, 0.2) is 0 Å². The predicted octanol–water partition coefficient (Wildman–Crippen LogP) is 2.65. The Hall–Kier alpha value is -0.730. The molecular formula is C13H17NS. The summed E-state index contributed by atoms with van der Waals surface area (Å²) in [5.74, 6) is 3.34. The third kappa shape index (κ3) is 3.73. The van der Waals surface area contributed by atoms with Crippen molar-refractivity contribution in [2.24, 2.45) is 5.92 Å². The fourth-order valence-corrected chi connectivity index (χ4v) is 2.45. The first-order valence-electron chi connectivity index (χ1n) is 5.45.